The molecule has 0 radical (unpaired) electrons. The third-order valence-corrected chi connectivity index (χ3v) is 6.37. The van der Waals surface area contributed by atoms with Crippen LogP contribution >= 0.6 is 11.8 Å². The Hall–Kier alpha value is -1.22. The van der Waals surface area contributed by atoms with E-state index in [2.05, 4.69) is 12.1 Å². The Bertz CT molecular complexity index is 540. The maximum atomic E-state index is 12.0. The molecule has 0 heterocycles. The summed E-state index contributed by atoms with van der Waals surface area (Å²) in [4.78, 5) is 12.0. The molecule has 104 valence electrons. The topological polar surface area (TPSA) is 26.3 Å². The normalized spacial score (nSPS) is 10.2. The van der Waals surface area contributed by atoms with Crippen LogP contribution in [0, 0.1) is 0 Å². The molecule has 0 aromatic heterocycles. The first-order valence-electron chi connectivity index (χ1n) is 6.22. The fourth-order valence-corrected chi connectivity index (χ4v) is 4.70. The number of methoxy groups -OCH3 is 1. The fraction of sp³-hybridized carbons (Fsp3) is 0.188. The molecule has 0 fully saturated rings. The monoisotopic (exact) mass is 352 g/mol. The van der Waals surface area contributed by atoms with Crippen molar-refractivity contribution >= 4 is 31.4 Å². The predicted octanol–water partition coefficient (Wildman–Crippen LogP) is 3.43. The number of hydrogen-bond acceptors (Lipinski definition) is 3. The molecule has 0 bridgehead atoms. The maximum absolute atomic E-state index is 12.0. The zero-order valence-corrected chi connectivity index (χ0v) is 13.8. The van der Waals surface area contributed by atoms with Gasteiger partial charge in [-0.3, -0.25) is 0 Å². The van der Waals surface area contributed by atoms with Crippen molar-refractivity contribution in [3.8, 4) is 5.75 Å². The van der Waals surface area contributed by atoms with Gasteiger partial charge in [0.05, 0.1) is 0 Å². The van der Waals surface area contributed by atoms with Gasteiger partial charge in [0.25, 0.3) is 0 Å². The molecule has 2 rings (SSSR count). The Morgan fingerprint density at radius 2 is 1.80 bits per heavy atom. The molecule has 0 saturated carbocycles. The van der Waals surface area contributed by atoms with E-state index in [9.17, 15) is 4.79 Å². The van der Waals surface area contributed by atoms with Crippen molar-refractivity contribution in [2.75, 3.05) is 11.8 Å². The zero-order chi connectivity index (χ0) is 14.2. The Labute approximate surface area is 130 Å². The van der Waals surface area contributed by atoms with E-state index in [0.717, 1.165) is 21.7 Å². The average molecular weight is 351 g/mol. The molecule has 0 aliphatic rings. The van der Waals surface area contributed by atoms with Crippen molar-refractivity contribution in [1.82, 2.24) is 0 Å². The first-order chi connectivity index (χ1) is 9.79. The van der Waals surface area contributed by atoms with Crippen molar-refractivity contribution in [1.29, 1.82) is 0 Å². The van der Waals surface area contributed by atoms with Gasteiger partial charge >= 0.3 is 130 Å². The quantitative estimate of drug-likeness (QED) is 0.565. The molecule has 2 nitrogen and oxygen atoms in total. The molecular weight excluding hydrogens is 335 g/mol. The van der Waals surface area contributed by atoms with Gasteiger partial charge in [0.2, 0.25) is 0 Å². The van der Waals surface area contributed by atoms with Crippen LogP contribution in [0.5, 0.6) is 5.75 Å². The SMILES string of the molecule is COc1ccc(C(=O)[Se]CSCc2ccccc2)cc1. The first kappa shape index (κ1) is 15.2. The van der Waals surface area contributed by atoms with E-state index in [1.165, 1.54) is 5.56 Å². The standard InChI is InChI=1S/C16H16O2SSe/c1-18-15-9-7-14(8-10-15)16(17)20-12-19-11-13-5-3-2-4-6-13/h2-10H,11-12H2,1H3. The fourth-order valence-electron chi connectivity index (χ4n) is 1.64. The van der Waals surface area contributed by atoms with E-state index in [1.54, 1.807) is 7.11 Å². The summed E-state index contributed by atoms with van der Waals surface area (Å²) in [5.74, 6) is 1.76. The second-order valence-electron chi connectivity index (χ2n) is 4.11. The molecule has 0 unspecified atom stereocenters. The average Bonchev–Trinajstić information content (AvgIpc) is 2.52. The van der Waals surface area contributed by atoms with E-state index in [-0.39, 0.29) is 19.6 Å². The van der Waals surface area contributed by atoms with Crippen molar-refractivity contribution < 1.29 is 9.53 Å². The summed E-state index contributed by atoms with van der Waals surface area (Å²) in [6.07, 6.45) is 0. The molecule has 0 N–H and O–H groups in total. The molecule has 4 heteroatoms. The van der Waals surface area contributed by atoms with Gasteiger partial charge in [-0.1, -0.05) is 0 Å². The molecule has 0 saturated heterocycles. The van der Waals surface area contributed by atoms with Crippen LogP contribution in [-0.2, 0) is 5.75 Å². The molecule has 0 aliphatic carbocycles. The molecular formula is C16H16O2SSe. The molecule has 2 aromatic rings. The number of carbonyl (C=O) groups excluding carboxylic acids is 1. The minimum absolute atomic E-state index is 0.00592. The number of thioether (sulfide) groups is 1. The van der Waals surface area contributed by atoms with Gasteiger partial charge in [-0.2, -0.15) is 0 Å². The first-order valence-corrected chi connectivity index (χ1v) is 9.44. The summed E-state index contributed by atoms with van der Waals surface area (Å²) in [5.41, 5.74) is 2.09. The molecule has 0 aliphatic heterocycles. The number of carbonyl (C=O) groups is 1. The van der Waals surface area contributed by atoms with Crippen LogP contribution in [-0.4, -0.2) is 31.4 Å². The Morgan fingerprint density at radius 1 is 1.10 bits per heavy atom. The summed E-state index contributed by atoms with van der Waals surface area (Å²) in [6, 6.07) is 17.7. The van der Waals surface area contributed by atoms with Crippen LogP contribution in [0.15, 0.2) is 54.6 Å². The van der Waals surface area contributed by atoms with Gasteiger partial charge < -0.3 is 0 Å². The second kappa shape index (κ2) is 8.15. The minimum atomic E-state index is -0.00592. The van der Waals surface area contributed by atoms with E-state index in [0.29, 0.717) is 0 Å². The predicted molar refractivity (Wildman–Crippen MR) is 85.7 cm³/mol. The van der Waals surface area contributed by atoms with E-state index < -0.39 is 0 Å². The molecule has 0 amide bonds. The molecule has 0 spiro atoms. The van der Waals surface area contributed by atoms with Gasteiger partial charge in [0.15, 0.2) is 0 Å². The van der Waals surface area contributed by atoms with Crippen LogP contribution in [0.2, 0.25) is 0 Å². The van der Waals surface area contributed by atoms with Crippen molar-refractivity contribution in [3.05, 3.63) is 65.7 Å². The Kier molecular flexibility index (Phi) is 6.19. The number of hydrogen-bond donors (Lipinski definition) is 0. The molecule has 0 atom stereocenters. The summed E-state index contributed by atoms with van der Waals surface area (Å²) < 4.78 is 6.25. The van der Waals surface area contributed by atoms with Crippen LogP contribution in [0.3, 0.4) is 0 Å². The van der Waals surface area contributed by atoms with Gasteiger partial charge in [-0.15, -0.1) is 0 Å². The van der Waals surface area contributed by atoms with Crippen LogP contribution in [0.1, 0.15) is 15.9 Å². The Morgan fingerprint density at radius 3 is 2.45 bits per heavy atom. The van der Waals surface area contributed by atoms with E-state index in [4.69, 9.17) is 4.74 Å². The van der Waals surface area contributed by atoms with E-state index >= 15 is 0 Å². The summed E-state index contributed by atoms with van der Waals surface area (Å²) in [6.45, 7) is 0. The van der Waals surface area contributed by atoms with E-state index in [1.807, 2.05) is 54.2 Å². The number of benzene rings is 2. The summed E-state index contributed by atoms with van der Waals surface area (Å²) >= 11 is 1.81. The van der Waals surface area contributed by atoms with Gasteiger partial charge in [-0.25, -0.2) is 0 Å². The van der Waals surface area contributed by atoms with Crippen molar-refractivity contribution in [2.24, 2.45) is 0 Å². The van der Waals surface area contributed by atoms with Crippen molar-refractivity contribution in [3.63, 3.8) is 0 Å². The molecule has 20 heavy (non-hydrogen) atoms. The van der Waals surface area contributed by atoms with Crippen LogP contribution in [0.4, 0.5) is 0 Å². The third kappa shape index (κ3) is 4.71. The molecule has 2 aromatic carbocycles. The second-order valence-corrected chi connectivity index (χ2v) is 7.91. The van der Waals surface area contributed by atoms with Gasteiger partial charge in [0, 0.05) is 0 Å². The van der Waals surface area contributed by atoms with Gasteiger partial charge in [0.1, 0.15) is 0 Å². The number of rotatable bonds is 7. The summed E-state index contributed by atoms with van der Waals surface area (Å²) in [7, 11) is 1.63. The van der Waals surface area contributed by atoms with Crippen molar-refractivity contribution in [2.45, 2.75) is 5.75 Å². The van der Waals surface area contributed by atoms with Crippen LogP contribution < -0.4 is 4.74 Å². The summed E-state index contributed by atoms with van der Waals surface area (Å²) in [5, 5.41) is 0. The van der Waals surface area contributed by atoms with Gasteiger partial charge in [-0.05, 0) is 0 Å². The number of ether oxygens (including phenoxy) is 1. The van der Waals surface area contributed by atoms with Crippen LogP contribution in [0.25, 0.3) is 0 Å². The zero-order valence-electron chi connectivity index (χ0n) is 11.2. The third-order valence-electron chi connectivity index (χ3n) is 2.71. The Balaban J connectivity index is 1.74.